The normalized spacial score (nSPS) is 13.3. The lowest BCUT2D eigenvalue weighted by atomic mass is 9.82. The molecule has 0 aromatic heterocycles. The molecule has 1 rings (SSSR count). The second kappa shape index (κ2) is 4.78. The van der Waals surface area contributed by atoms with E-state index in [2.05, 4.69) is 27.3 Å². The van der Waals surface area contributed by atoms with E-state index in [9.17, 15) is 0 Å². The lowest BCUT2D eigenvalue weighted by Crippen LogP contribution is -2.31. The highest BCUT2D eigenvalue weighted by atomic mass is 79.9. The van der Waals surface area contributed by atoms with Crippen LogP contribution in [0.1, 0.15) is 25.5 Å². The summed E-state index contributed by atoms with van der Waals surface area (Å²) < 4.78 is 1.03. The molecule has 0 amide bonds. The molecule has 15 heavy (non-hydrogen) atoms. The van der Waals surface area contributed by atoms with Gasteiger partial charge in [0.2, 0.25) is 0 Å². The number of benzene rings is 1. The standard InChI is InChI=1S/C12H15BrN2/c1-12(2,8-14)11(15-3)9-6-4-5-7-10(9)13/h4-7,11,15H,1-3H3. The molecule has 0 saturated heterocycles. The Morgan fingerprint density at radius 1 is 1.40 bits per heavy atom. The van der Waals surface area contributed by atoms with Crippen LogP contribution >= 0.6 is 15.9 Å². The van der Waals surface area contributed by atoms with Crippen molar-refractivity contribution >= 4 is 15.9 Å². The van der Waals surface area contributed by atoms with Gasteiger partial charge in [0, 0.05) is 4.47 Å². The summed E-state index contributed by atoms with van der Waals surface area (Å²) in [6.07, 6.45) is 0. The number of hydrogen-bond donors (Lipinski definition) is 1. The smallest absolute Gasteiger partial charge is 0.0712 e. The molecule has 0 heterocycles. The van der Waals surface area contributed by atoms with Crippen LogP contribution in [0.15, 0.2) is 28.7 Å². The highest BCUT2D eigenvalue weighted by molar-refractivity contribution is 9.10. The molecular weight excluding hydrogens is 252 g/mol. The molecule has 0 fully saturated rings. The van der Waals surface area contributed by atoms with Gasteiger partial charge in [-0.05, 0) is 32.5 Å². The molecule has 1 atom stereocenters. The van der Waals surface area contributed by atoms with Crippen LogP contribution in [-0.4, -0.2) is 7.05 Å². The van der Waals surface area contributed by atoms with E-state index in [-0.39, 0.29) is 6.04 Å². The van der Waals surface area contributed by atoms with Crippen molar-refractivity contribution in [1.82, 2.24) is 5.32 Å². The van der Waals surface area contributed by atoms with E-state index in [1.165, 1.54) is 0 Å². The number of hydrogen-bond acceptors (Lipinski definition) is 2. The van der Waals surface area contributed by atoms with Crippen molar-refractivity contribution in [2.75, 3.05) is 7.05 Å². The minimum Gasteiger partial charge on any atom is -0.312 e. The first-order chi connectivity index (χ1) is 7.03. The van der Waals surface area contributed by atoms with Gasteiger partial charge < -0.3 is 5.32 Å². The Morgan fingerprint density at radius 2 is 2.00 bits per heavy atom. The second-order valence-electron chi connectivity index (χ2n) is 4.08. The summed E-state index contributed by atoms with van der Waals surface area (Å²) in [5, 5.41) is 12.3. The molecule has 0 bridgehead atoms. The minimum absolute atomic E-state index is 0.0260. The quantitative estimate of drug-likeness (QED) is 0.912. The molecule has 1 N–H and O–H groups in total. The summed E-state index contributed by atoms with van der Waals surface area (Å²) in [5.74, 6) is 0. The summed E-state index contributed by atoms with van der Waals surface area (Å²) in [4.78, 5) is 0. The van der Waals surface area contributed by atoms with Crippen LogP contribution in [0, 0.1) is 16.7 Å². The van der Waals surface area contributed by atoms with Crippen LogP contribution in [0.5, 0.6) is 0 Å². The molecule has 0 aliphatic heterocycles. The summed E-state index contributed by atoms with van der Waals surface area (Å²) in [6.45, 7) is 3.88. The number of nitrogens with zero attached hydrogens (tertiary/aromatic N) is 1. The van der Waals surface area contributed by atoms with Crippen molar-refractivity contribution in [3.8, 4) is 6.07 Å². The summed E-state index contributed by atoms with van der Waals surface area (Å²) >= 11 is 3.51. The van der Waals surface area contributed by atoms with Crippen molar-refractivity contribution in [3.63, 3.8) is 0 Å². The zero-order chi connectivity index (χ0) is 11.5. The van der Waals surface area contributed by atoms with Gasteiger partial charge in [0.25, 0.3) is 0 Å². The summed E-state index contributed by atoms with van der Waals surface area (Å²) in [5.41, 5.74) is 0.685. The zero-order valence-corrected chi connectivity index (χ0v) is 10.8. The van der Waals surface area contributed by atoms with Crippen LogP contribution in [0.25, 0.3) is 0 Å². The Morgan fingerprint density at radius 3 is 2.47 bits per heavy atom. The first-order valence-corrected chi connectivity index (χ1v) is 5.65. The maximum Gasteiger partial charge on any atom is 0.0712 e. The molecule has 0 spiro atoms. The topological polar surface area (TPSA) is 35.8 Å². The molecule has 80 valence electrons. The molecule has 2 nitrogen and oxygen atoms in total. The predicted octanol–water partition coefficient (Wildman–Crippen LogP) is 3.26. The third-order valence-corrected chi connectivity index (χ3v) is 3.24. The van der Waals surface area contributed by atoms with Gasteiger partial charge in [-0.15, -0.1) is 0 Å². The molecule has 1 aromatic carbocycles. The van der Waals surface area contributed by atoms with Crippen LogP contribution in [0.4, 0.5) is 0 Å². The largest absolute Gasteiger partial charge is 0.312 e. The van der Waals surface area contributed by atoms with Gasteiger partial charge in [-0.1, -0.05) is 34.1 Å². The van der Waals surface area contributed by atoms with E-state index in [0.29, 0.717) is 0 Å². The lowest BCUT2D eigenvalue weighted by molar-refractivity contribution is 0.343. The van der Waals surface area contributed by atoms with Crippen molar-refractivity contribution in [3.05, 3.63) is 34.3 Å². The highest BCUT2D eigenvalue weighted by Gasteiger charge is 2.30. The van der Waals surface area contributed by atoms with Gasteiger partial charge in [-0.2, -0.15) is 5.26 Å². The molecule has 1 aromatic rings. The molecule has 0 aliphatic rings. The average Bonchev–Trinajstić information content (AvgIpc) is 2.21. The zero-order valence-electron chi connectivity index (χ0n) is 9.21. The van der Waals surface area contributed by atoms with Crippen LogP contribution in [0.3, 0.4) is 0 Å². The summed E-state index contributed by atoms with van der Waals surface area (Å²) in [7, 11) is 1.88. The summed E-state index contributed by atoms with van der Waals surface area (Å²) in [6, 6.07) is 10.3. The van der Waals surface area contributed by atoms with E-state index >= 15 is 0 Å². The van der Waals surface area contributed by atoms with Crippen molar-refractivity contribution in [2.24, 2.45) is 5.41 Å². The van der Waals surface area contributed by atoms with Gasteiger partial charge in [0.1, 0.15) is 0 Å². The minimum atomic E-state index is -0.432. The first-order valence-electron chi connectivity index (χ1n) is 4.86. The fourth-order valence-corrected chi connectivity index (χ4v) is 2.19. The molecular formula is C12H15BrN2. The van der Waals surface area contributed by atoms with Gasteiger partial charge >= 0.3 is 0 Å². The van der Waals surface area contributed by atoms with E-state index < -0.39 is 5.41 Å². The van der Waals surface area contributed by atoms with Gasteiger partial charge in [0.15, 0.2) is 0 Å². The maximum atomic E-state index is 9.14. The number of halogens is 1. The average molecular weight is 267 g/mol. The first kappa shape index (κ1) is 12.2. The number of nitriles is 1. The van der Waals surface area contributed by atoms with Crippen molar-refractivity contribution < 1.29 is 0 Å². The maximum absolute atomic E-state index is 9.14. The molecule has 0 radical (unpaired) electrons. The second-order valence-corrected chi connectivity index (χ2v) is 4.93. The monoisotopic (exact) mass is 266 g/mol. The number of nitrogens with one attached hydrogen (secondary N) is 1. The molecule has 0 saturated carbocycles. The van der Waals surface area contributed by atoms with Crippen molar-refractivity contribution in [2.45, 2.75) is 19.9 Å². The molecule has 1 unspecified atom stereocenters. The molecule has 3 heteroatoms. The lowest BCUT2D eigenvalue weighted by Gasteiger charge is -2.28. The Labute approximate surface area is 99.4 Å². The van der Waals surface area contributed by atoms with Crippen LogP contribution in [0.2, 0.25) is 0 Å². The van der Waals surface area contributed by atoms with Crippen molar-refractivity contribution in [1.29, 1.82) is 5.26 Å². The highest BCUT2D eigenvalue weighted by Crippen LogP contribution is 2.35. The fraction of sp³-hybridized carbons (Fsp3) is 0.417. The SMILES string of the molecule is CNC(c1ccccc1Br)C(C)(C)C#N. The van der Waals surface area contributed by atoms with Gasteiger partial charge in [-0.3, -0.25) is 0 Å². The Balaban J connectivity index is 3.15. The van der Waals surface area contributed by atoms with Crippen LogP contribution in [-0.2, 0) is 0 Å². The predicted molar refractivity (Wildman–Crippen MR) is 65.3 cm³/mol. The Bertz CT molecular complexity index is 379. The third kappa shape index (κ3) is 2.58. The van der Waals surface area contributed by atoms with Gasteiger partial charge in [0.05, 0.1) is 17.5 Å². The van der Waals surface area contributed by atoms with Gasteiger partial charge in [-0.25, -0.2) is 0 Å². The Kier molecular flexibility index (Phi) is 3.90. The van der Waals surface area contributed by atoms with E-state index in [1.807, 2.05) is 45.2 Å². The fourth-order valence-electron chi connectivity index (χ4n) is 1.68. The molecule has 0 aliphatic carbocycles. The number of rotatable bonds is 3. The van der Waals surface area contributed by atoms with Crippen LogP contribution < -0.4 is 5.32 Å². The third-order valence-electron chi connectivity index (χ3n) is 2.51. The van der Waals surface area contributed by atoms with E-state index in [4.69, 9.17) is 5.26 Å². The Hall–Kier alpha value is -0.850. The van der Waals surface area contributed by atoms with E-state index in [0.717, 1.165) is 10.0 Å². The van der Waals surface area contributed by atoms with E-state index in [1.54, 1.807) is 0 Å².